The molecule has 0 saturated carbocycles. The number of unbranched alkanes of at least 4 members (excludes halogenated alkanes) is 2. The van der Waals surface area contributed by atoms with E-state index in [4.69, 9.17) is 14.6 Å². The van der Waals surface area contributed by atoms with Crippen molar-refractivity contribution in [3.63, 3.8) is 0 Å². The van der Waals surface area contributed by atoms with E-state index in [1.165, 1.54) is 12.0 Å². The summed E-state index contributed by atoms with van der Waals surface area (Å²) in [4.78, 5) is 38.1. The van der Waals surface area contributed by atoms with Gasteiger partial charge in [-0.3, -0.25) is 14.4 Å². The summed E-state index contributed by atoms with van der Waals surface area (Å²) in [5.74, 6) is -1.35. The number of aliphatic hydroxyl groups is 1. The number of methoxy groups -OCH3 is 2. The van der Waals surface area contributed by atoms with Crippen molar-refractivity contribution in [1.82, 2.24) is 4.90 Å². The molecule has 8 heteroatoms. The lowest BCUT2D eigenvalue weighted by atomic mass is 9.95. The summed E-state index contributed by atoms with van der Waals surface area (Å²) in [6.45, 7) is 0.264. The van der Waals surface area contributed by atoms with Crippen LogP contribution in [0.15, 0.2) is 54.1 Å². The smallest absolute Gasteiger partial charge is 0.303 e. The zero-order valence-electron chi connectivity index (χ0n) is 18.6. The Bertz CT molecular complexity index is 1040. The van der Waals surface area contributed by atoms with E-state index in [0.717, 1.165) is 0 Å². The Morgan fingerprint density at radius 2 is 1.45 bits per heavy atom. The number of benzene rings is 2. The average molecular weight is 453 g/mol. The molecule has 1 amide bonds. The van der Waals surface area contributed by atoms with E-state index in [-0.39, 0.29) is 24.3 Å². The van der Waals surface area contributed by atoms with Crippen LogP contribution in [-0.4, -0.2) is 53.5 Å². The molecule has 1 atom stereocenters. The lowest BCUT2D eigenvalue weighted by Crippen LogP contribution is -2.30. The predicted octanol–water partition coefficient (Wildman–Crippen LogP) is 3.77. The van der Waals surface area contributed by atoms with Gasteiger partial charge >= 0.3 is 5.97 Å². The van der Waals surface area contributed by atoms with Gasteiger partial charge in [0.05, 0.1) is 25.8 Å². The highest BCUT2D eigenvalue weighted by molar-refractivity contribution is 6.46. The molecule has 2 N–H and O–H groups in total. The second-order valence-electron chi connectivity index (χ2n) is 7.70. The van der Waals surface area contributed by atoms with Gasteiger partial charge in [-0.1, -0.05) is 18.6 Å². The Hall–Kier alpha value is -3.81. The first-order valence-corrected chi connectivity index (χ1v) is 10.7. The summed E-state index contributed by atoms with van der Waals surface area (Å²) in [6.07, 6.45) is 1.68. The third kappa shape index (κ3) is 5.34. The van der Waals surface area contributed by atoms with Crippen molar-refractivity contribution in [2.24, 2.45) is 0 Å². The van der Waals surface area contributed by atoms with E-state index >= 15 is 0 Å². The number of amides is 1. The number of carbonyl (C=O) groups is 3. The topological polar surface area (TPSA) is 113 Å². The van der Waals surface area contributed by atoms with Gasteiger partial charge in [0, 0.05) is 18.5 Å². The number of hydrogen-bond donors (Lipinski definition) is 2. The maximum atomic E-state index is 13.0. The molecule has 1 aliphatic heterocycles. The number of aliphatic hydroxyl groups excluding tert-OH is 1. The van der Waals surface area contributed by atoms with Crippen LogP contribution in [0.4, 0.5) is 0 Å². The van der Waals surface area contributed by atoms with E-state index < -0.39 is 23.7 Å². The van der Waals surface area contributed by atoms with Crippen molar-refractivity contribution in [2.45, 2.75) is 31.7 Å². The fourth-order valence-corrected chi connectivity index (χ4v) is 3.88. The van der Waals surface area contributed by atoms with Crippen LogP contribution in [0.25, 0.3) is 5.76 Å². The lowest BCUT2D eigenvalue weighted by molar-refractivity contribution is -0.140. The molecule has 2 aromatic rings. The molecule has 0 unspecified atom stereocenters. The zero-order valence-corrected chi connectivity index (χ0v) is 18.6. The molecule has 3 rings (SSSR count). The van der Waals surface area contributed by atoms with Crippen molar-refractivity contribution >= 4 is 23.4 Å². The highest BCUT2D eigenvalue weighted by Gasteiger charge is 2.45. The van der Waals surface area contributed by atoms with Gasteiger partial charge in [-0.15, -0.1) is 0 Å². The van der Waals surface area contributed by atoms with Crippen LogP contribution in [0.3, 0.4) is 0 Å². The third-order valence-electron chi connectivity index (χ3n) is 5.62. The Morgan fingerprint density at radius 1 is 0.879 bits per heavy atom. The molecule has 0 spiro atoms. The van der Waals surface area contributed by atoms with Gasteiger partial charge in [-0.25, -0.2) is 0 Å². The molecule has 1 heterocycles. The third-order valence-corrected chi connectivity index (χ3v) is 5.62. The normalized spacial score (nSPS) is 17.3. The molecular formula is C25H27NO7. The molecular weight excluding hydrogens is 426 g/mol. The number of rotatable bonds is 10. The SMILES string of the molecule is COc1ccc(C(O)=C2C(=O)C(=O)N(CCCCCC(=O)O)[C@H]2c2ccc(OC)cc2)cc1. The molecule has 33 heavy (non-hydrogen) atoms. The van der Waals surface area contributed by atoms with Gasteiger partial charge in [0.25, 0.3) is 11.7 Å². The molecule has 1 aliphatic rings. The minimum Gasteiger partial charge on any atom is -0.507 e. The van der Waals surface area contributed by atoms with Gasteiger partial charge in [0.1, 0.15) is 17.3 Å². The Balaban J connectivity index is 1.97. The summed E-state index contributed by atoms with van der Waals surface area (Å²) < 4.78 is 10.4. The molecule has 0 aromatic heterocycles. The first-order chi connectivity index (χ1) is 15.9. The van der Waals surface area contributed by atoms with Crippen LogP contribution in [0.5, 0.6) is 11.5 Å². The molecule has 0 aliphatic carbocycles. The number of Topliss-reactive ketones (excluding diaryl/α,β-unsaturated/α-hetero) is 1. The van der Waals surface area contributed by atoms with Crippen molar-refractivity contribution in [3.8, 4) is 11.5 Å². The van der Waals surface area contributed by atoms with Gasteiger partial charge in [-0.05, 0) is 54.8 Å². The number of likely N-dealkylation sites (tertiary alicyclic amines) is 1. The Kier molecular flexibility index (Phi) is 7.71. The number of nitrogens with zero attached hydrogens (tertiary/aromatic N) is 1. The minimum absolute atomic E-state index is 0.0147. The van der Waals surface area contributed by atoms with E-state index in [2.05, 4.69) is 0 Å². The molecule has 174 valence electrons. The fourth-order valence-electron chi connectivity index (χ4n) is 3.88. The average Bonchev–Trinajstić information content (AvgIpc) is 3.08. The summed E-state index contributed by atoms with van der Waals surface area (Å²) in [7, 11) is 3.07. The molecule has 0 radical (unpaired) electrons. The second-order valence-corrected chi connectivity index (χ2v) is 7.70. The maximum Gasteiger partial charge on any atom is 0.303 e. The standard InChI is InChI=1S/C25H27NO7/c1-32-18-11-7-16(8-12-18)22-21(23(29)17-9-13-19(33-2)14-10-17)24(30)25(31)26(22)15-5-3-4-6-20(27)28/h7-14,22,29H,3-6,15H2,1-2H3,(H,27,28)/t22-/m0/s1. The first-order valence-electron chi connectivity index (χ1n) is 10.7. The Morgan fingerprint density at radius 3 is 2.00 bits per heavy atom. The number of carboxylic acids is 1. The van der Waals surface area contributed by atoms with E-state index in [9.17, 15) is 19.5 Å². The quantitative estimate of drug-likeness (QED) is 0.244. The summed E-state index contributed by atoms with van der Waals surface area (Å²) in [5.41, 5.74) is 1.07. The predicted molar refractivity (Wildman–Crippen MR) is 121 cm³/mol. The van der Waals surface area contributed by atoms with Gasteiger partial charge < -0.3 is 24.6 Å². The molecule has 1 fully saturated rings. The van der Waals surface area contributed by atoms with Gasteiger partial charge in [0.2, 0.25) is 0 Å². The van der Waals surface area contributed by atoms with E-state index in [0.29, 0.717) is 41.9 Å². The Labute approximate surface area is 192 Å². The van der Waals surface area contributed by atoms with Crippen LogP contribution in [0, 0.1) is 0 Å². The second kappa shape index (κ2) is 10.7. The highest BCUT2D eigenvalue weighted by Crippen LogP contribution is 2.40. The van der Waals surface area contributed by atoms with E-state index in [1.54, 1.807) is 55.6 Å². The summed E-state index contributed by atoms with van der Waals surface area (Å²) in [5, 5.41) is 19.9. The van der Waals surface area contributed by atoms with Crippen LogP contribution in [-0.2, 0) is 14.4 Å². The number of carbonyl (C=O) groups excluding carboxylic acids is 2. The fraction of sp³-hybridized carbons (Fsp3) is 0.320. The van der Waals surface area contributed by atoms with Crippen LogP contribution < -0.4 is 9.47 Å². The van der Waals surface area contributed by atoms with E-state index in [1.807, 2.05) is 0 Å². The molecule has 2 aromatic carbocycles. The number of ether oxygens (including phenoxy) is 2. The molecule has 8 nitrogen and oxygen atoms in total. The largest absolute Gasteiger partial charge is 0.507 e. The van der Waals surface area contributed by atoms with Crippen molar-refractivity contribution in [3.05, 3.63) is 65.2 Å². The highest BCUT2D eigenvalue weighted by atomic mass is 16.5. The van der Waals surface area contributed by atoms with Gasteiger partial charge in [0.15, 0.2) is 0 Å². The summed E-state index contributed by atoms with van der Waals surface area (Å²) >= 11 is 0. The van der Waals surface area contributed by atoms with Crippen LogP contribution >= 0.6 is 0 Å². The van der Waals surface area contributed by atoms with Crippen molar-refractivity contribution < 1.29 is 34.1 Å². The molecule has 1 saturated heterocycles. The molecule has 0 bridgehead atoms. The minimum atomic E-state index is -0.867. The van der Waals surface area contributed by atoms with Crippen molar-refractivity contribution in [1.29, 1.82) is 0 Å². The first kappa shape index (κ1) is 23.8. The maximum absolute atomic E-state index is 13.0. The number of ketones is 1. The monoisotopic (exact) mass is 453 g/mol. The number of aliphatic carboxylic acids is 1. The lowest BCUT2D eigenvalue weighted by Gasteiger charge is -2.25. The van der Waals surface area contributed by atoms with Gasteiger partial charge in [-0.2, -0.15) is 0 Å². The summed E-state index contributed by atoms with van der Waals surface area (Å²) in [6, 6.07) is 12.8. The van der Waals surface area contributed by atoms with Crippen LogP contribution in [0.2, 0.25) is 0 Å². The zero-order chi connectivity index (χ0) is 24.0. The number of hydrogen-bond acceptors (Lipinski definition) is 6. The number of carboxylic acid groups (broad SMARTS) is 1. The van der Waals surface area contributed by atoms with Crippen molar-refractivity contribution in [2.75, 3.05) is 20.8 Å². The van der Waals surface area contributed by atoms with Crippen LogP contribution in [0.1, 0.15) is 42.9 Å².